The Morgan fingerprint density at radius 3 is 0.923 bits per heavy atom. The highest BCUT2D eigenvalue weighted by molar-refractivity contribution is 6.66. The first-order chi connectivity index (χ1) is 5.41. The van der Waals surface area contributed by atoms with Gasteiger partial charge in [0.05, 0.1) is 0 Å². The Labute approximate surface area is 74.6 Å². The maximum Gasteiger partial charge on any atom is 0.111 e. The zero-order valence-corrected chi connectivity index (χ0v) is 8.58. The first-order valence-corrected chi connectivity index (χ1v) is 7.35. The molecule has 0 spiro atoms. The maximum atomic E-state index is 10.1. The smallest absolute Gasteiger partial charge is 0.111 e. The third kappa shape index (κ3) is 8.58. The summed E-state index contributed by atoms with van der Waals surface area (Å²) in [5, 5.41) is 0. The van der Waals surface area contributed by atoms with Crippen LogP contribution in [0.3, 0.4) is 0 Å². The van der Waals surface area contributed by atoms with Gasteiger partial charge >= 0.3 is 0 Å². The molecule has 0 unspecified atom stereocenters. The summed E-state index contributed by atoms with van der Waals surface area (Å²) in [6.45, 7) is 0. The highest BCUT2D eigenvalue weighted by atomic mass is 28.5. The monoisotopic (exact) mass is 244 g/mol. The Bertz CT molecular complexity index is 142. The topological polar surface area (TPSA) is 203 Å². The lowest BCUT2D eigenvalue weighted by Gasteiger charge is -2.70. The molecule has 0 aliphatic carbocycles. The van der Waals surface area contributed by atoms with E-state index in [4.69, 9.17) is 0 Å². The van der Waals surface area contributed by atoms with Crippen LogP contribution in [0.5, 0.6) is 0 Å². The van der Waals surface area contributed by atoms with E-state index in [2.05, 4.69) is 8.23 Å². The minimum absolute atomic E-state index is 2.71. The predicted octanol–water partition coefficient (Wildman–Crippen LogP) is -10.8. The third-order valence-corrected chi connectivity index (χ3v) is 4.50. The van der Waals surface area contributed by atoms with Gasteiger partial charge in [-0.25, -0.2) is 0 Å². The van der Waals surface area contributed by atoms with Crippen LogP contribution in [-0.4, -0.2) is 27.1 Å². The molecule has 0 heterocycles. The van der Waals surface area contributed by atoms with E-state index >= 15 is 0 Å². The Hall–Kier alpha value is 0.251. The van der Waals surface area contributed by atoms with E-state index in [1.54, 1.807) is 0 Å². The van der Waals surface area contributed by atoms with Crippen molar-refractivity contribution >= 4 is 27.1 Å². The average molecular weight is 244 g/mol. The average Bonchev–Trinajstić information content (AvgIpc) is 1.43. The van der Waals surface area contributed by atoms with Gasteiger partial charge in [-0.3, -0.25) is 0 Å². The van der Waals surface area contributed by atoms with Crippen LogP contribution in [0.25, 0.3) is 0 Å². The minimum Gasteiger partial charge on any atom is -0.862 e. The third-order valence-electron chi connectivity index (χ3n) is 0.500. The van der Waals surface area contributed by atoms with Crippen molar-refractivity contribution in [1.29, 1.82) is 0 Å². The summed E-state index contributed by atoms with van der Waals surface area (Å²) in [6.07, 6.45) is 0. The summed E-state index contributed by atoms with van der Waals surface area (Å²) in [4.78, 5) is 78.3. The predicted molar refractivity (Wildman–Crippen MR) is 19.4 cm³/mol. The van der Waals surface area contributed by atoms with E-state index in [0.717, 1.165) is 0 Å². The van der Waals surface area contributed by atoms with Crippen molar-refractivity contribution in [3.63, 3.8) is 0 Å². The molecule has 0 saturated heterocycles. The fraction of sp³-hybridized carbons (Fsp3) is 0. The molecule has 0 saturated carbocycles. The quantitative estimate of drug-likeness (QED) is 0.426. The van der Waals surface area contributed by atoms with Gasteiger partial charge in [-0.1, -0.05) is 0 Å². The SMILES string of the molecule is [O-][Si]([O-])([O-])O[Si]([O-])([O-])O[Si]([O-])([O-])[O-]. The molecule has 0 aliphatic heterocycles. The second kappa shape index (κ2) is 3.78. The highest BCUT2D eigenvalue weighted by Crippen LogP contribution is 1.91. The molecule has 0 N–H and O–H groups in total. The molecule has 80 valence electrons. The number of hydrogen-bond acceptors (Lipinski definition) is 10. The molecule has 0 aliphatic rings. The molecule has 0 rings (SSSR count). The van der Waals surface area contributed by atoms with Gasteiger partial charge in [-0.05, 0) is 0 Å². The minimum atomic E-state index is -6.23. The molecular weight excluding hydrogens is 244 g/mol. The van der Waals surface area contributed by atoms with Crippen LogP contribution in [0.2, 0.25) is 0 Å². The van der Waals surface area contributed by atoms with Crippen LogP contribution in [0.4, 0.5) is 0 Å². The summed E-state index contributed by atoms with van der Waals surface area (Å²) in [6, 6.07) is 0. The van der Waals surface area contributed by atoms with Crippen molar-refractivity contribution in [2.75, 3.05) is 0 Å². The molecule has 0 aromatic carbocycles. The molecule has 0 bridgehead atoms. The van der Waals surface area contributed by atoms with Crippen molar-refractivity contribution < 1.29 is 46.6 Å². The van der Waals surface area contributed by atoms with Crippen LogP contribution in [0.15, 0.2) is 0 Å². The first kappa shape index (κ1) is 13.3. The van der Waals surface area contributed by atoms with E-state index in [1.807, 2.05) is 0 Å². The molecule has 13 heteroatoms. The Balaban J connectivity index is 4.25. The van der Waals surface area contributed by atoms with Crippen molar-refractivity contribution in [3.8, 4) is 0 Å². The Morgan fingerprint density at radius 2 is 0.769 bits per heavy atom. The van der Waals surface area contributed by atoms with Crippen LogP contribution in [0.1, 0.15) is 0 Å². The summed E-state index contributed by atoms with van der Waals surface area (Å²) in [5.41, 5.74) is 0. The zero-order chi connectivity index (χ0) is 10.9. The fourth-order valence-electron chi connectivity index (χ4n) is 0.327. The molecule has 13 heavy (non-hydrogen) atoms. The van der Waals surface area contributed by atoms with Gasteiger partial charge in [-0.2, -0.15) is 0 Å². The van der Waals surface area contributed by atoms with E-state index < -0.39 is 27.1 Å². The van der Waals surface area contributed by atoms with Gasteiger partial charge in [-0.15, -0.1) is 18.1 Å². The molecule has 0 fully saturated rings. The Morgan fingerprint density at radius 1 is 0.538 bits per heavy atom. The van der Waals surface area contributed by atoms with Crippen LogP contribution >= 0.6 is 0 Å². The summed E-state index contributed by atoms with van der Waals surface area (Å²) < 4.78 is 5.43. The zero-order valence-electron chi connectivity index (χ0n) is 5.58. The molecule has 0 amide bonds. The second-order valence-electron chi connectivity index (χ2n) is 1.70. The molecular formula is O10Si3-8. The van der Waals surface area contributed by atoms with Crippen molar-refractivity contribution in [1.82, 2.24) is 0 Å². The summed E-state index contributed by atoms with van der Waals surface area (Å²) >= 11 is 0. The Kier molecular flexibility index (Phi) is 3.85. The van der Waals surface area contributed by atoms with E-state index in [1.165, 1.54) is 0 Å². The van der Waals surface area contributed by atoms with Crippen molar-refractivity contribution in [2.45, 2.75) is 0 Å². The molecule has 0 aromatic rings. The van der Waals surface area contributed by atoms with Gasteiger partial charge < -0.3 is 46.6 Å². The standard InChI is InChI=1S/O10Si3/c1-11(2,3)9-13(7,8)10-12(4,5)6/q-8. The van der Waals surface area contributed by atoms with Crippen molar-refractivity contribution in [2.24, 2.45) is 0 Å². The lowest BCUT2D eigenvalue weighted by atomic mass is 15.6. The van der Waals surface area contributed by atoms with Gasteiger partial charge in [0.1, 0.15) is 9.05 Å². The molecule has 10 nitrogen and oxygen atoms in total. The highest BCUT2D eigenvalue weighted by Gasteiger charge is 2.03. The van der Waals surface area contributed by atoms with Gasteiger partial charge in [0.25, 0.3) is 0 Å². The van der Waals surface area contributed by atoms with E-state index in [9.17, 15) is 38.4 Å². The van der Waals surface area contributed by atoms with Crippen LogP contribution in [-0.2, 0) is 8.23 Å². The van der Waals surface area contributed by atoms with E-state index in [0.29, 0.717) is 0 Å². The van der Waals surface area contributed by atoms with Crippen LogP contribution in [0, 0.1) is 0 Å². The second-order valence-corrected chi connectivity index (χ2v) is 6.34. The first-order valence-electron chi connectivity index (χ1n) is 2.45. The maximum absolute atomic E-state index is 10.1. The molecule has 0 radical (unpaired) electrons. The number of rotatable bonds is 4. The summed E-state index contributed by atoms with van der Waals surface area (Å²) in [5.74, 6) is 0. The number of hydrogen-bond donors (Lipinski definition) is 0. The fourth-order valence-corrected chi connectivity index (χ4v) is 3.32. The summed E-state index contributed by atoms with van der Waals surface area (Å²) in [7, 11) is -18.7. The van der Waals surface area contributed by atoms with Gasteiger partial charge in [0.2, 0.25) is 0 Å². The lowest BCUT2D eigenvalue weighted by molar-refractivity contribution is -0.564. The molecule has 0 atom stereocenters. The molecule has 0 aromatic heterocycles. The normalized spacial score (nSPS) is 14.8. The van der Waals surface area contributed by atoms with Crippen molar-refractivity contribution in [3.05, 3.63) is 0 Å². The largest absolute Gasteiger partial charge is 0.862 e. The van der Waals surface area contributed by atoms with E-state index in [-0.39, 0.29) is 0 Å². The van der Waals surface area contributed by atoms with Gasteiger partial charge in [0, 0.05) is 0 Å². The van der Waals surface area contributed by atoms with Crippen LogP contribution < -0.4 is 38.4 Å². The van der Waals surface area contributed by atoms with Gasteiger partial charge in [0.15, 0.2) is 0 Å². The lowest BCUT2D eigenvalue weighted by Crippen LogP contribution is -2.89.